The van der Waals surface area contributed by atoms with Gasteiger partial charge in [0.25, 0.3) is 5.89 Å². The van der Waals surface area contributed by atoms with Crippen LogP contribution in [-0.2, 0) is 6.42 Å². The van der Waals surface area contributed by atoms with Gasteiger partial charge in [-0.1, -0.05) is 31.2 Å². The lowest BCUT2D eigenvalue weighted by Gasteiger charge is -2.33. The number of likely N-dealkylation sites (tertiary alicyclic amines) is 1. The minimum absolute atomic E-state index is 0. The maximum atomic E-state index is 10.7. The lowest BCUT2D eigenvalue weighted by molar-refractivity contribution is 0.0599. The van der Waals surface area contributed by atoms with Crippen LogP contribution in [0.2, 0.25) is 0 Å². The van der Waals surface area contributed by atoms with Crippen LogP contribution in [0.3, 0.4) is 0 Å². The molecule has 9 heteroatoms. The summed E-state index contributed by atoms with van der Waals surface area (Å²) in [6, 6.07) is 14.3. The molecule has 0 saturated carbocycles. The standard InChI is InChI=1S/C28H33N3O4.ClH.H2O/c1-4-27-29-30-28(35-27)26-15-23-24(6-5-7-25(23)34-26)33-17-22(32)16-31-12-10-20(11-13-31)21-9-8-18(2)19(3)14-21;;/h5-9,14-15,20,22,32H,4,10-13,16-17H2,1-3H3;1H;1H2/t22-;;/m0../s1. The van der Waals surface area contributed by atoms with Gasteiger partial charge in [-0.3, -0.25) is 0 Å². The van der Waals surface area contributed by atoms with Gasteiger partial charge in [-0.25, -0.2) is 0 Å². The summed E-state index contributed by atoms with van der Waals surface area (Å²) >= 11 is 0. The first-order valence-electron chi connectivity index (χ1n) is 12.5. The second-order valence-electron chi connectivity index (χ2n) is 9.52. The lowest BCUT2D eigenvalue weighted by atomic mass is 9.88. The molecule has 0 radical (unpaired) electrons. The van der Waals surface area contributed by atoms with E-state index in [0.29, 0.717) is 47.8 Å². The Balaban J connectivity index is 0.00000190. The number of β-amino-alcohol motifs (C(OH)–C–C–N with tert-alkyl or cyclic N) is 1. The number of aromatic nitrogens is 2. The zero-order valence-corrected chi connectivity index (χ0v) is 22.4. The summed E-state index contributed by atoms with van der Waals surface area (Å²) in [5.74, 6) is 2.70. The molecule has 0 spiro atoms. The molecule has 0 unspecified atom stereocenters. The minimum atomic E-state index is -0.571. The summed E-state index contributed by atoms with van der Waals surface area (Å²) < 4.78 is 17.5. The fourth-order valence-corrected chi connectivity index (χ4v) is 4.77. The van der Waals surface area contributed by atoms with Crippen molar-refractivity contribution < 1.29 is 24.2 Å². The van der Waals surface area contributed by atoms with Gasteiger partial charge in [-0.05, 0) is 74.5 Å². The van der Waals surface area contributed by atoms with Gasteiger partial charge in [0.05, 0.1) is 5.39 Å². The fraction of sp³-hybridized carbons (Fsp3) is 0.429. The maximum Gasteiger partial charge on any atom is 0.283 e. The number of ether oxygens (including phenoxy) is 1. The Kier molecular flexibility index (Phi) is 9.73. The van der Waals surface area contributed by atoms with Crippen molar-refractivity contribution in [3.8, 4) is 17.4 Å². The van der Waals surface area contributed by atoms with Gasteiger partial charge in [-0.15, -0.1) is 22.6 Å². The number of hydrogen-bond donors (Lipinski definition) is 1. The molecule has 3 heterocycles. The van der Waals surface area contributed by atoms with E-state index in [-0.39, 0.29) is 24.5 Å². The Labute approximate surface area is 223 Å². The molecule has 0 bridgehead atoms. The molecule has 4 aromatic rings. The Hall–Kier alpha value is -2.91. The molecule has 1 fully saturated rings. The maximum absolute atomic E-state index is 10.7. The third-order valence-electron chi connectivity index (χ3n) is 6.99. The average molecular weight is 530 g/mol. The van der Waals surface area contributed by atoms with E-state index in [2.05, 4.69) is 47.1 Å². The third-order valence-corrected chi connectivity index (χ3v) is 6.99. The van der Waals surface area contributed by atoms with Gasteiger partial charge in [0.1, 0.15) is 24.0 Å². The second-order valence-corrected chi connectivity index (χ2v) is 9.52. The van der Waals surface area contributed by atoms with Crippen molar-refractivity contribution in [3.63, 3.8) is 0 Å². The van der Waals surface area contributed by atoms with Crippen molar-refractivity contribution in [2.45, 2.75) is 52.1 Å². The quantitative estimate of drug-likeness (QED) is 0.346. The van der Waals surface area contributed by atoms with Crippen LogP contribution in [0.15, 0.2) is 51.3 Å². The topological polar surface area (TPSA) is 116 Å². The highest BCUT2D eigenvalue weighted by molar-refractivity contribution is 5.87. The number of rotatable bonds is 8. The predicted octanol–water partition coefficient (Wildman–Crippen LogP) is 4.88. The average Bonchev–Trinajstić information content (AvgIpc) is 3.52. The molecule has 200 valence electrons. The number of nitrogens with zero attached hydrogens (tertiary/aromatic N) is 3. The number of halogens is 1. The number of piperidine rings is 1. The van der Waals surface area contributed by atoms with Crippen LogP contribution in [0.1, 0.15) is 48.3 Å². The predicted molar refractivity (Wildman–Crippen MR) is 146 cm³/mol. The fourth-order valence-electron chi connectivity index (χ4n) is 4.77. The van der Waals surface area contributed by atoms with E-state index in [1.807, 2.05) is 31.2 Å². The molecule has 0 aliphatic carbocycles. The van der Waals surface area contributed by atoms with Crippen LogP contribution in [-0.4, -0.2) is 58.0 Å². The van der Waals surface area contributed by atoms with Crippen LogP contribution in [0, 0.1) is 13.8 Å². The van der Waals surface area contributed by atoms with E-state index in [0.717, 1.165) is 31.3 Å². The van der Waals surface area contributed by atoms with Crippen molar-refractivity contribution in [2.24, 2.45) is 0 Å². The van der Waals surface area contributed by atoms with Crippen molar-refractivity contribution in [3.05, 3.63) is 65.0 Å². The zero-order chi connectivity index (χ0) is 24.4. The summed E-state index contributed by atoms with van der Waals surface area (Å²) in [7, 11) is 0. The van der Waals surface area contributed by atoms with Crippen LogP contribution >= 0.6 is 12.4 Å². The Morgan fingerprint density at radius 2 is 1.84 bits per heavy atom. The summed E-state index contributed by atoms with van der Waals surface area (Å²) in [6.07, 6.45) is 2.33. The molecule has 3 N–H and O–H groups in total. The molecule has 37 heavy (non-hydrogen) atoms. The van der Waals surface area contributed by atoms with Crippen LogP contribution < -0.4 is 4.74 Å². The van der Waals surface area contributed by atoms with Gasteiger partial charge in [0.2, 0.25) is 5.89 Å². The highest BCUT2D eigenvalue weighted by atomic mass is 35.5. The van der Waals surface area contributed by atoms with Crippen molar-refractivity contribution >= 4 is 23.4 Å². The molecule has 1 atom stereocenters. The molecule has 1 aliphatic rings. The molecule has 2 aromatic carbocycles. The zero-order valence-electron chi connectivity index (χ0n) is 21.6. The van der Waals surface area contributed by atoms with Gasteiger partial charge < -0.3 is 29.1 Å². The first-order chi connectivity index (χ1) is 17.0. The van der Waals surface area contributed by atoms with Gasteiger partial charge in [-0.2, -0.15) is 0 Å². The minimum Gasteiger partial charge on any atom is -0.490 e. The highest BCUT2D eigenvalue weighted by Crippen LogP contribution is 2.33. The number of furan rings is 1. The van der Waals surface area contributed by atoms with Crippen molar-refractivity contribution in [1.29, 1.82) is 0 Å². The Morgan fingerprint density at radius 3 is 2.54 bits per heavy atom. The van der Waals surface area contributed by atoms with Crippen LogP contribution in [0.5, 0.6) is 5.75 Å². The second kappa shape index (κ2) is 12.6. The number of fused-ring (bicyclic) bond motifs is 1. The van der Waals surface area contributed by atoms with E-state index in [1.54, 1.807) is 0 Å². The molecule has 1 saturated heterocycles. The number of aliphatic hydroxyl groups excluding tert-OH is 1. The Morgan fingerprint density at radius 1 is 1.05 bits per heavy atom. The first-order valence-corrected chi connectivity index (χ1v) is 12.5. The lowest BCUT2D eigenvalue weighted by Crippen LogP contribution is -2.40. The SMILES string of the molecule is CCc1nnc(-c2cc3c(OC[C@@H](O)CN4CCC(c5ccc(C)c(C)c5)CC4)cccc3o2)o1.Cl.O. The number of aryl methyl sites for hydroxylation is 3. The monoisotopic (exact) mass is 529 g/mol. The van der Waals surface area contributed by atoms with E-state index >= 15 is 0 Å². The van der Waals surface area contributed by atoms with Crippen LogP contribution in [0.4, 0.5) is 0 Å². The molecule has 1 aliphatic heterocycles. The normalized spacial score (nSPS) is 15.2. The van der Waals surface area contributed by atoms with Gasteiger partial charge >= 0.3 is 0 Å². The van der Waals surface area contributed by atoms with Gasteiger partial charge in [0.15, 0.2) is 5.76 Å². The molecule has 5 rings (SSSR count). The number of benzene rings is 2. The summed E-state index contributed by atoms with van der Waals surface area (Å²) in [6.45, 7) is 9.10. The summed E-state index contributed by atoms with van der Waals surface area (Å²) in [4.78, 5) is 2.34. The molecule has 8 nitrogen and oxygen atoms in total. The van der Waals surface area contributed by atoms with E-state index in [9.17, 15) is 5.11 Å². The van der Waals surface area contributed by atoms with E-state index in [4.69, 9.17) is 13.6 Å². The van der Waals surface area contributed by atoms with Gasteiger partial charge in [0, 0.05) is 19.0 Å². The van der Waals surface area contributed by atoms with Crippen LogP contribution in [0.25, 0.3) is 22.6 Å². The summed E-state index contributed by atoms with van der Waals surface area (Å²) in [5.41, 5.74) is 4.82. The molecule has 2 aromatic heterocycles. The molecular formula is C28H36ClN3O5. The smallest absolute Gasteiger partial charge is 0.283 e. The largest absolute Gasteiger partial charge is 0.490 e. The third kappa shape index (κ3) is 6.51. The molecular weight excluding hydrogens is 494 g/mol. The van der Waals surface area contributed by atoms with Crippen molar-refractivity contribution in [2.75, 3.05) is 26.2 Å². The van der Waals surface area contributed by atoms with E-state index in [1.165, 1.54) is 16.7 Å². The Bertz CT molecular complexity index is 1300. The van der Waals surface area contributed by atoms with Crippen molar-refractivity contribution in [1.82, 2.24) is 15.1 Å². The van der Waals surface area contributed by atoms with E-state index < -0.39 is 6.10 Å². The summed E-state index contributed by atoms with van der Waals surface area (Å²) in [5, 5.41) is 19.6. The first kappa shape index (κ1) is 28.7. The number of aliphatic hydroxyl groups is 1. The number of hydrogen-bond acceptors (Lipinski definition) is 7. The highest BCUT2D eigenvalue weighted by Gasteiger charge is 2.23. The molecule has 0 amide bonds.